The molecule has 3 nitrogen and oxygen atoms in total. The molecule has 0 aliphatic carbocycles. The zero-order valence-corrected chi connectivity index (χ0v) is 32.3. The fourth-order valence-electron chi connectivity index (χ4n) is 9.34. The van der Waals surface area contributed by atoms with Crippen LogP contribution in [-0.2, 0) is 0 Å². The highest BCUT2D eigenvalue weighted by Crippen LogP contribution is 2.42. The molecule has 0 fully saturated rings. The molecule has 3 aromatic heterocycles. The number of fused-ring (bicyclic) bond motifs is 12. The van der Waals surface area contributed by atoms with Crippen LogP contribution < -0.4 is 0 Å². The van der Waals surface area contributed by atoms with Crippen molar-refractivity contribution in [2.75, 3.05) is 0 Å². The zero-order chi connectivity index (χ0) is 39.0. The van der Waals surface area contributed by atoms with E-state index in [0.29, 0.717) is 0 Å². The topological polar surface area (TPSA) is 38.7 Å². The summed E-state index contributed by atoms with van der Waals surface area (Å²) >= 11 is 0. The van der Waals surface area contributed by atoms with Crippen LogP contribution in [-0.4, -0.2) is 15.0 Å². The fraction of sp³-hybridized carbons (Fsp3) is 0.0179. The van der Waals surface area contributed by atoms with Gasteiger partial charge in [0, 0.05) is 49.0 Å². The van der Waals surface area contributed by atoms with E-state index in [9.17, 15) is 0 Å². The molecule has 0 N–H and O–H groups in total. The van der Waals surface area contributed by atoms with Crippen molar-refractivity contribution in [1.29, 1.82) is 0 Å². The second-order valence-electron chi connectivity index (χ2n) is 15.5. The number of rotatable bonds is 4. The summed E-state index contributed by atoms with van der Waals surface area (Å²) in [6, 6.07) is 69.3. The van der Waals surface area contributed by atoms with Gasteiger partial charge in [-0.3, -0.25) is 0 Å². The number of benzene rings is 9. The quantitative estimate of drug-likeness (QED) is 0.168. The van der Waals surface area contributed by atoms with E-state index in [4.69, 9.17) is 15.0 Å². The molecule has 0 amide bonds. The molecule has 0 atom stereocenters. The van der Waals surface area contributed by atoms with Crippen LogP contribution in [0.5, 0.6) is 0 Å². The number of aryl methyl sites for hydroxylation is 1. The smallest absolute Gasteiger partial charge is 0.0800 e. The van der Waals surface area contributed by atoms with E-state index in [-0.39, 0.29) is 0 Å². The largest absolute Gasteiger partial charge is 0.248 e. The lowest BCUT2D eigenvalue weighted by molar-refractivity contribution is 1.39. The summed E-state index contributed by atoms with van der Waals surface area (Å²) in [4.78, 5) is 16.0. The Bertz CT molecular complexity index is 3680. The number of aromatic nitrogens is 3. The SMILES string of the molecule is Cc1c(-c2ccc3nc(-c4cccc(-c5nc6c7ccccc7c7ccccc7c6c6ccccc56)c4)ccc3c2)ccc2ccc3ccc(-c4ccccc4)nc3c12. The van der Waals surface area contributed by atoms with Crippen molar-refractivity contribution in [3.63, 3.8) is 0 Å². The van der Waals surface area contributed by atoms with Gasteiger partial charge in [-0.15, -0.1) is 0 Å². The molecule has 0 aliphatic rings. The third-order valence-corrected chi connectivity index (χ3v) is 12.2. The van der Waals surface area contributed by atoms with Crippen molar-refractivity contribution >= 4 is 75.8 Å². The van der Waals surface area contributed by atoms with E-state index in [1.807, 2.05) is 6.07 Å². The second kappa shape index (κ2) is 13.2. The monoisotopic (exact) mass is 749 g/mol. The molecule has 0 aliphatic heterocycles. The summed E-state index contributed by atoms with van der Waals surface area (Å²) in [7, 11) is 0. The first-order valence-corrected chi connectivity index (χ1v) is 20.2. The number of nitrogens with zero attached hydrogens (tertiary/aromatic N) is 3. The van der Waals surface area contributed by atoms with E-state index in [1.54, 1.807) is 0 Å². The maximum absolute atomic E-state index is 5.51. The Morgan fingerprint density at radius 2 is 0.915 bits per heavy atom. The summed E-state index contributed by atoms with van der Waals surface area (Å²) in [5.41, 5.74) is 12.8. The predicted octanol–water partition coefficient (Wildman–Crippen LogP) is 14.9. The first-order chi connectivity index (χ1) is 29.2. The Labute approximate surface area is 340 Å². The standard InChI is InChI=1S/C56H35N3/c1-34-42(28-24-36-22-23-37-25-29-49(58-55(37)52(34)36)35-12-3-2-4-13-35)38-26-30-51-40(32-38)27-31-50(57-51)39-14-11-15-41(33-39)54-48-21-10-8-19-46(48)53-45-18-7-5-16-43(45)44-17-6-9-20-47(44)56(53)59-54/h2-33H,1H3. The minimum atomic E-state index is 0.933. The van der Waals surface area contributed by atoms with Gasteiger partial charge >= 0.3 is 0 Å². The minimum absolute atomic E-state index is 0.933. The number of pyridine rings is 3. The summed E-state index contributed by atoms with van der Waals surface area (Å²) in [5, 5.41) is 13.1. The number of hydrogen-bond acceptors (Lipinski definition) is 3. The second-order valence-corrected chi connectivity index (χ2v) is 15.5. The van der Waals surface area contributed by atoms with Crippen molar-refractivity contribution in [3.8, 4) is 44.9 Å². The molecule has 59 heavy (non-hydrogen) atoms. The van der Waals surface area contributed by atoms with Crippen molar-refractivity contribution in [2.24, 2.45) is 0 Å². The summed E-state index contributed by atoms with van der Waals surface area (Å²) in [6.45, 7) is 2.23. The van der Waals surface area contributed by atoms with E-state index >= 15 is 0 Å². The first kappa shape index (κ1) is 33.4. The number of hydrogen-bond donors (Lipinski definition) is 0. The van der Waals surface area contributed by atoms with Crippen LogP contribution in [0, 0.1) is 6.92 Å². The Morgan fingerprint density at radius 1 is 0.322 bits per heavy atom. The van der Waals surface area contributed by atoms with Crippen LogP contribution in [0.25, 0.3) is 121 Å². The molecule has 3 heterocycles. The maximum atomic E-state index is 5.51. The molecule has 0 radical (unpaired) electrons. The molecule has 9 aromatic carbocycles. The fourth-order valence-corrected chi connectivity index (χ4v) is 9.34. The van der Waals surface area contributed by atoms with Crippen LogP contribution >= 0.6 is 0 Å². The van der Waals surface area contributed by atoms with Crippen LogP contribution in [0.4, 0.5) is 0 Å². The molecule has 3 heteroatoms. The normalized spacial score (nSPS) is 11.8. The van der Waals surface area contributed by atoms with Crippen molar-refractivity contribution in [1.82, 2.24) is 15.0 Å². The van der Waals surface area contributed by atoms with Gasteiger partial charge in [0.05, 0.1) is 33.6 Å². The van der Waals surface area contributed by atoms with Crippen molar-refractivity contribution in [2.45, 2.75) is 6.92 Å². The van der Waals surface area contributed by atoms with Gasteiger partial charge in [-0.2, -0.15) is 0 Å². The zero-order valence-electron chi connectivity index (χ0n) is 32.3. The van der Waals surface area contributed by atoms with Gasteiger partial charge in [-0.25, -0.2) is 15.0 Å². The molecule has 0 saturated carbocycles. The van der Waals surface area contributed by atoms with E-state index in [1.165, 1.54) is 59.8 Å². The molecule has 0 bridgehead atoms. The van der Waals surface area contributed by atoms with Crippen molar-refractivity contribution in [3.05, 3.63) is 200 Å². The highest BCUT2D eigenvalue weighted by Gasteiger charge is 2.17. The molecular formula is C56H35N3. The van der Waals surface area contributed by atoms with Gasteiger partial charge in [0.2, 0.25) is 0 Å². The molecule has 12 rings (SSSR count). The summed E-state index contributed by atoms with van der Waals surface area (Å²) < 4.78 is 0. The third-order valence-electron chi connectivity index (χ3n) is 12.2. The Hall–Kier alpha value is -7.75. The van der Waals surface area contributed by atoms with Crippen LogP contribution in [0.2, 0.25) is 0 Å². The van der Waals surface area contributed by atoms with E-state index in [0.717, 1.165) is 66.5 Å². The lowest BCUT2D eigenvalue weighted by atomic mass is 9.92. The Kier molecular flexibility index (Phi) is 7.45. The van der Waals surface area contributed by atoms with Gasteiger partial charge in [0.15, 0.2) is 0 Å². The Morgan fingerprint density at radius 3 is 1.73 bits per heavy atom. The van der Waals surface area contributed by atoms with Crippen LogP contribution in [0.15, 0.2) is 194 Å². The lowest BCUT2D eigenvalue weighted by Crippen LogP contribution is -1.93. The molecule has 274 valence electrons. The average molecular weight is 750 g/mol. The molecule has 0 unspecified atom stereocenters. The van der Waals surface area contributed by atoms with E-state index in [2.05, 4.69) is 195 Å². The Balaban J connectivity index is 0.952. The molecular weight excluding hydrogens is 715 g/mol. The predicted molar refractivity (Wildman–Crippen MR) is 249 cm³/mol. The minimum Gasteiger partial charge on any atom is -0.248 e. The van der Waals surface area contributed by atoms with Gasteiger partial charge in [-0.1, -0.05) is 164 Å². The van der Waals surface area contributed by atoms with Gasteiger partial charge < -0.3 is 0 Å². The van der Waals surface area contributed by atoms with Crippen LogP contribution in [0.3, 0.4) is 0 Å². The van der Waals surface area contributed by atoms with Crippen LogP contribution in [0.1, 0.15) is 5.56 Å². The lowest BCUT2D eigenvalue weighted by Gasteiger charge is -2.15. The highest BCUT2D eigenvalue weighted by atomic mass is 14.7. The maximum Gasteiger partial charge on any atom is 0.0800 e. The molecule has 12 aromatic rings. The third kappa shape index (κ3) is 5.32. The highest BCUT2D eigenvalue weighted by molar-refractivity contribution is 6.31. The molecule has 0 saturated heterocycles. The summed E-state index contributed by atoms with van der Waals surface area (Å²) in [5.74, 6) is 0. The average Bonchev–Trinajstić information content (AvgIpc) is 3.31. The summed E-state index contributed by atoms with van der Waals surface area (Å²) in [6.07, 6.45) is 0. The van der Waals surface area contributed by atoms with Gasteiger partial charge in [-0.05, 0) is 80.9 Å². The van der Waals surface area contributed by atoms with Gasteiger partial charge in [0.25, 0.3) is 0 Å². The van der Waals surface area contributed by atoms with Crippen molar-refractivity contribution < 1.29 is 0 Å². The van der Waals surface area contributed by atoms with E-state index < -0.39 is 0 Å². The van der Waals surface area contributed by atoms with Gasteiger partial charge in [0.1, 0.15) is 0 Å². The molecule has 0 spiro atoms. The first-order valence-electron chi connectivity index (χ1n) is 20.2.